The Morgan fingerprint density at radius 3 is 2.71 bits per heavy atom. The lowest BCUT2D eigenvalue weighted by Crippen LogP contribution is -2.33. The second kappa shape index (κ2) is 10.5. The lowest BCUT2D eigenvalue weighted by molar-refractivity contribution is -0.137. The first kappa shape index (κ1) is 16.3. The minimum Gasteiger partial charge on any atom is -0.481 e. The van der Waals surface area contributed by atoms with Crippen LogP contribution in [0.3, 0.4) is 0 Å². The summed E-state index contributed by atoms with van der Waals surface area (Å²) >= 11 is 0. The molecule has 0 aromatic carbocycles. The van der Waals surface area contributed by atoms with Gasteiger partial charge in [0.2, 0.25) is 0 Å². The van der Waals surface area contributed by atoms with Crippen LogP contribution in [0.5, 0.6) is 0 Å². The van der Waals surface area contributed by atoms with Gasteiger partial charge in [0.25, 0.3) is 0 Å². The summed E-state index contributed by atoms with van der Waals surface area (Å²) < 4.78 is 10.2. The predicted molar refractivity (Wildman–Crippen MR) is 63.0 cm³/mol. The molecule has 0 aliphatic rings. The molecule has 0 fully saturated rings. The first-order valence-corrected chi connectivity index (χ1v) is 5.77. The van der Waals surface area contributed by atoms with E-state index in [0.29, 0.717) is 26.1 Å². The predicted octanol–water partition coefficient (Wildman–Crippen LogP) is -0.147. The fraction of sp³-hybridized carbons (Fsp3) is 0.909. The molecule has 0 heterocycles. The first-order chi connectivity index (χ1) is 8.06. The maximum Gasteiger partial charge on any atom is 0.303 e. The molecule has 102 valence electrons. The van der Waals surface area contributed by atoms with Crippen LogP contribution in [0.15, 0.2) is 0 Å². The van der Waals surface area contributed by atoms with E-state index < -0.39 is 12.1 Å². The van der Waals surface area contributed by atoms with E-state index in [2.05, 4.69) is 5.32 Å². The summed E-state index contributed by atoms with van der Waals surface area (Å²) in [5.41, 5.74) is 0. The van der Waals surface area contributed by atoms with Gasteiger partial charge in [-0.05, 0) is 19.9 Å². The van der Waals surface area contributed by atoms with E-state index in [1.807, 2.05) is 6.92 Å². The Morgan fingerprint density at radius 2 is 2.12 bits per heavy atom. The summed E-state index contributed by atoms with van der Waals surface area (Å²) in [4.78, 5) is 10.2. The zero-order valence-corrected chi connectivity index (χ0v) is 10.5. The van der Waals surface area contributed by atoms with Gasteiger partial charge in [-0.15, -0.1) is 0 Å². The first-order valence-electron chi connectivity index (χ1n) is 5.77. The Balaban J connectivity index is 3.34. The molecule has 0 aliphatic carbocycles. The van der Waals surface area contributed by atoms with Crippen LogP contribution in [0.1, 0.15) is 19.8 Å². The number of hydrogen-bond acceptors (Lipinski definition) is 5. The largest absolute Gasteiger partial charge is 0.481 e. The molecule has 17 heavy (non-hydrogen) atoms. The van der Waals surface area contributed by atoms with Crippen molar-refractivity contribution in [1.29, 1.82) is 0 Å². The van der Waals surface area contributed by atoms with Crippen LogP contribution >= 0.6 is 0 Å². The number of carbonyl (C=O) groups is 1. The molecule has 0 spiro atoms. The number of aliphatic carboxylic acids is 1. The highest BCUT2D eigenvalue weighted by Crippen LogP contribution is 1.94. The Hall–Kier alpha value is -0.690. The van der Waals surface area contributed by atoms with E-state index in [0.717, 1.165) is 0 Å². The molecular weight excluding hydrogens is 226 g/mol. The average Bonchev–Trinajstić information content (AvgIpc) is 2.26. The molecule has 6 heteroatoms. The number of carboxylic acid groups (broad SMARTS) is 1. The van der Waals surface area contributed by atoms with Crippen molar-refractivity contribution in [2.45, 2.75) is 32.0 Å². The number of ether oxygens (including phenoxy) is 2. The summed E-state index contributed by atoms with van der Waals surface area (Å²) in [6.07, 6.45) is 0.0776. The highest BCUT2D eigenvalue weighted by Gasteiger charge is 2.07. The molecule has 2 unspecified atom stereocenters. The Morgan fingerprint density at radius 1 is 1.41 bits per heavy atom. The highest BCUT2D eigenvalue weighted by molar-refractivity contribution is 5.66. The molecular formula is C11H23NO5. The van der Waals surface area contributed by atoms with Gasteiger partial charge >= 0.3 is 5.97 Å². The molecule has 6 nitrogen and oxygen atoms in total. The molecule has 2 atom stereocenters. The van der Waals surface area contributed by atoms with Crippen molar-refractivity contribution in [3.05, 3.63) is 0 Å². The number of aliphatic hydroxyl groups is 1. The number of methoxy groups -OCH3 is 1. The highest BCUT2D eigenvalue weighted by atomic mass is 16.5. The van der Waals surface area contributed by atoms with E-state index in [4.69, 9.17) is 14.6 Å². The van der Waals surface area contributed by atoms with Crippen molar-refractivity contribution in [2.75, 3.05) is 33.4 Å². The molecule has 0 amide bonds. The Kier molecular flexibility index (Phi) is 10.0. The molecule has 0 radical (unpaired) electrons. The van der Waals surface area contributed by atoms with Gasteiger partial charge in [-0.25, -0.2) is 0 Å². The van der Waals surface area contributed by atoms with Gasteiger partial charge in [0.15, 0.2) is 0 Å². The third kappa shape index (κ3) is 11.6. The monoisotopic (exact) mass is 249 g/mol. The summed E-state index contributed by atoms with van der Waals surface area (Å²) in [6.45, 7) is 3.60. The number of aliphatic hydroxyl groups excluding tert-OH is 1. The molecule has 0 aromatic heterocycles. The fourth-order valence-corrected chi connectivity index (χ4v) is 1.25. The van der Waals surface area contributed by atoms with E-state index in [-0.39, 0.29) is 19.1 Å². The zero-order chi connectivity index (χ0) is 13.1. The maximum atomic E-state index is 10.2. The van der Waals surface area contributed by atoms with Crippen molar-refractivity contribution in [2.24, 2.45) is 0 Å². The lowest BCUT2D eigenvalue weighted by atomic mass is 10.3. The molecule has 0 rings (SSSR count). The van der Waals surface area contributed by atoms with Gasteiger partial charge in [-0.3, -0.25) is 4.79 Å². The minimum atomic E-state index is -0.802. The van der Waals surface area contributed by atoms with Crippen LogP contribution in [0.4, 0.5) is 0 Å². The SMILES string of the molecule is COCC(C)OCC(O)CNCCCC(=O)O. The number of nitrogens with one attached hydrogen (secondary N) is 1. The van der Waals surface area contributed by atoms with Gasteiger partial charge in [0, 0.05) is 20.1 Å². The minimum absolute atomic E-state index is 0.0401. The van der Waals surface area contributed by atoms with Gasteiger partial charge in [0.1, 0.15) is 0 Å². The van der Waals surface area contributed by atoms with Crippen LogP contribution in [0.2, 0.25) is 0 Å². The van der Waals surface area contributed by atoms with Crippen molar-refractivity contribution in [3.63, 3.8) is 0 Å². The van der Waals surface area contributed by atoms with Crippen molar-refractivity contribution < 1.29 is 24.5 Å². The average molecular weight is 249 g/mol. The number of hydrogen-bond donors (Lipinski definition) is 3. The Bertz CT molecular complexity index is 200. The maximum absolute atomic E-state index is 10.2. The molecule has 0 saturated carbocycles. The van der Waals surface area contributed by atoms with Gasteiger partial charge in [-0.2, -0.15) is 0 Å². The lowest BCUT2D eigenvalue weighted by Gasteiger charge is -2.16. The van der Waals surface area contributed by atoms with Crippen molar-refractivity contribution in [1.82, 2.24) is 5.32 Å². The molecule has 0 aliphatic heterocycles. The summed E-state index contributed by atoms with van der Waals surface area (Å²) in [6, 6.07) is 0. The number of carboxylic acids is 1. The molecule has 3 N–H and O–H groups in total. The summed E-state index contributed by atoms with van der Waals surface area (Å²) in [5, 5.41) is 20.9. The van der Waals surface area contributed by atoms with E-state index in [1.165, 1.54) is 0 Å². The van der Waals surface area contributed by atoms with Gasteiger partial charge in [0.05, 0.1) is 25.4 Å². The van der Waals surface area contributed by atoms with Gasteiger partial charge < -0.3 is 25.0 Å². The topological polar surface area (TPSA) is 88.0 Å². The third-order valence-corrected chi connectivity index (χ3v) is 2.10. The summed E-state index contributed by atoms with van der Waals surface area (Å²) in [7, 11) is 1.60. The fourth-order valence-electron chi connectivity index (χ4n) is 1.25. The van der Waals surface area contributed by atoms with Crippen LogP contribution < -0.4 is 5.32 Å². The van der Waals surface area contributed by atoms with Crippen LogP contribution in [0, 0.1) is 0 Å². The van der Waals surface area contributed by atoms with E-state index in [1.54, 1.807) is 7.11 Å². The number of rotatable bonds is 11. The summed E-state index contributed by atoms with van der Waals surface area (Å²) in [5.74, 6) is -0.802. The van der Waals surface area contributed by atoms with Crippen molar-refractivity contribution in [3.8, 4) is 0 Å². The second-order valence-corrected chi connectivity index (χ2v) is 3.95. The van der Waals surface area contributed by atoms with Gasteiger partial charge in [-0.1, -0.05) is 0 Å². The second-order valence-electron chi connectivity index (χ2n) is 3.95. The Labute approximate surface area is 102 Å². The zero-order valence-electron chi connectivity index (χ0n) is 10.5. The standard InChI is InChI=1S/C11H23NO5/c1-9(7-16-2)17-8-10(13)6-12-5-3-4-11(14)15/h9-10,12-13H,3-8H2,1-2H3,(H,14,15). The van der Waals surface area contributed by atoms with Crippen LogP contribution in [-0.2, 0) is 14.3 Å². The van der Waals surface area contributed by atoms with Crippen LogP contribution in [0.25, 0.3) is 0 Å². The molecule has 0 saturated heterocycles. The van der Waals surface area contributed by atoms with E-state index in [9.17, 15) is 9.90 Å². The van der Waals surface area contributed by atoms with Crippen molar-refractivity contribution >= 4 is 5.97 Å². The normalized spacial score (nSPS) is 14.5. The van der Waals surface area contributed by atoms with Crippen LogP contribution in [-0.4, -0.2) is 61.8 Å². The molecule has 0 bridgehead atoms. The molecule has 0 aromatic rings. The smallest absolute Gasteiger partial charge is 0.303 e. The third-order valence-electron chi connectivity index (χ3n) is 2.10. The van der Waals surface area contributed by atoms with E-state index >= 15 is 0 Å². The quantitative estimate of drug-likeness (QED) is 0.441.